The molecule has 0 radical (unpaired) electrons. The molecule has 2 amide bonds. The Morgan fingerprint density at radius 1 is 0.931 bits per heavy atom. The lowest BCUT2D eigenvalue weighted by molar-refractivity contribution is -0.287. The van der Waals surface area contributed by atoms with Gasteiger partial charge in [0.15, 0.2) is 6.29 Å². The number of rotatable bonds is 21. The number of allylic oxidation sites excluding steroid dienone is 1. The number of hydrogen-bond acceptors (Lipinski definition) is 17. The van der Waals surface area contributed by atoms with Crippen molar-refractivity contribution in [2.24, 2.45) is 15.9 Å². The molecule has 2 aliphatic heterocycles. The van der Waals surface area contributed by atoms with Crippen LogP contribution < -0.4 is 10.7 Å². The molecule has 322 valence electrons. The van der Waals surface area contributed by atoms with E-state index in [1.807, 2.05) is 6.07 Å². The first-order valence-electron chi connectivity index (χ1n) is 19.5. The molecular formula is C39H56N4O13S2. The molecule has 1 aromatic rings. The van der Waals surface area contributed by atoms with Gasteiger partial charge in [0.25, 0.3) is 5.91 Å². The fourth-order valence-corrected chi connectivity index (χ4v) is 9.25. The topological polar surface area (TPSA) is 234 Å². The summed E-state index contributed by atoms with van der Waals surface area (Å²) in [6.45, 7) is 5.19. The lowest BCUT2D eigenvalue weighted by Gasteiger charge is -2.37. The highest BCUT2D eigenvalue weighted by molar-refractivity contribution is 8.78. The van der Waals surface area contributed by atoms with E-state index in [9.17, 15) is 44.4 Å². The molecule has 1 aliphatic carbocycles. The van der Waals surface area contributed by atoms with Crippen LogP contribution in [0.15, 0.2) is 38.8 Å². The highest BCUT2D eigenvalue weighted by Crippen LogP contribution is 2.36. The molecule has 3 aliphatic rings. The molecule has 5 unspecified atom stereocenters. The molecule has 0 spiro atoms. The lowest BCUT2D eigenvalue weighted by Crippen LogP contribution is -2.58. The predicted molar refractivity (Wildman–Crippen MR) is 212 cm³/mol. The summed E-state index contributed by atoms with van der Waals surface area (Å²) >= 11 is 0. The van der Waals surface area contributed by atoms with E-state index in [1.165, 1.54) is 10.8 Å². The Bertz CT molecular complexity index is 1740. The summed E-state index contributed by atoms with van der Waals surface area (Å²) in [5.74, 6) is -0.533. The minimum atomic E-state index is -1.79. The SMILES string of the molecule is C/C(=C(\CCOC(=O)CCCC(=O)OC1CCC(N(C)C(=O)c2ccc3c(c2)=NCN=3)CC1)SSCCC(C)C)N(C=O)CC(=O)OCC1OC(O)C(O)C(O)C1O. The smallest absolute Gasteiger partial charge is 0.326 e. The van der Waals surface area contributed by atoms with Crippen molar-refractivity contribution in [3.05, 3.63) is 45.1 Å². The lowest BCUT2D eigenvalue weighted by atomic mass is 9.91. The van der Waals surface area contributed by atoms with Gasteiger partial charge in [0.2, 0.25) is 6.41 Å². The Hall–Kier alpha value is -3.59. The number of carbonyl (C=O) groups is 5. The van der Waals surface area contributed by atoms with Gasteiger partial charge in [0.05, 0.1) is 17.3 Å². The molecule has 2 heterocycles. The molecule has 0 bridgehead atoms. The average Bonchev–Trinajstić information content (AvgIpc) is 3.68. The molecule has 4 rings (SSSR count). The second kappa shape index (κ2) is 23.3. The van der Waals surface area contributed by atoms with Gasteiger partial charge in [-0.05, 0) is 69.6 Å². The molecule has 2 fully saturated rings. The van der Waals surface area contributed by atoms with Crippen LogP contribution in [0.3, 0.4) is 0 Å². The van der Waals surface area contributed by atoms with Gasteiger partial charge < -0.3 is 49.2 Å². The van der Waals surface area contributed by atoms with Crippen LogP contribution in [0.4, 0.5) is 0 Å². The predicted octanol–water partition coefficient (Wildman–Crippen LogP) is 1.39. The average molecular weight is 853 g/mol. The van der Waals surface area contributed by atoms with Gasteiger partial charge in [-0.25, -0.2) is 0 Å². The molecule has 58 heavy (non-hydrogen) atoms. The summed E-state index contributed by atoms with van der Waals surface area (Å²) in [7, 11) is 4.76. The van der Waals surface area contributed by atoms with E-state index < -0.39 is 61.8 Å². The van der Waals surface area contributed by atoms with Crippen molar-refractivity contribution in [1.29, 1.82) is 0 Å². The van der Waals surface area contributed by atoms with Crippen molar-refractivity contribution in [3.63, 3.8) is 0 Å². The number of hydrogen-bond donors (Lipinski definition) is 4. The van der Waals surface area contributed by atoms with Crippen LogP contribution in [0, 0.1) is 5.92 Å². The van der Waals surface area contributed by atoms with Crippen molar-refractivity contribution < 1.29 is 63.3 Å². The first kappa shape index (κ1) is 47.1. The number of amides is 2. The van der Waals surface area contributed by atoms with Gasteiger partial charge in [-0.15, -0.1) is 0 Å². The van der Waals surface area contributed by atoms with Gasteiger partial charge in [-0.3, -0.25) is 34.0 Å². The monoisotopic (exact) mass is 852 g/mol. The molecule has 1 aromatic carbocycles. The zero-order valence-electron chi connectivity index (χ0n) is 33.4. The molecule has 17 nitrogen and oxygen atoms in total. The first-order chi connectivity index (χ1) is 27.7. The number of nitrogens with zero attached hydrogens (tertiary/aromatic N) is 4. The summed E-state index contributed by atoms with van der Waals surface area (Å²) < 4.78 is 21.3. The highest BCUT2D eigenvalue weighted by Gasteiger charge is 2.43. The molecule has 5 atom stereocenters. The third-order valence-corrected chi connectivity index (χ3v) is 12.8. The minimum absolute atomic E-state index is 0.00391. The van der Waals surface area contributed by atoms with Crippen LogP contribution in [-0.2, 0) is 38.1 Å². The Morgan fingerprint density at radius 3 is 2.34 bits per heavy atom. The standard InChI is InChI=1S/C39H56N4O13S2/c1-23(2)15-17-57-58-31(24(3)43(22-44)19-34(47)54-20-30-35(48)36(49)37(50)39(52)56-30)14-16-53-32(45)6-5-7-33(46)55-27-11-9-26(10-12-27)42(4)38(51)25-8-13-28-29(18-25)41-21-40-28/h8,13,18,22-23,26-27,30,35-37,39,48-50,52H,5-7,9-12,14-17,19-21H2,1-4H3/b31-24-. The Morgan fingerprint density at radius 2 is 1.64 bits per heavy atom. The molecule has 19 heteroatoms. The third kappa shape index (κ3) is 14.0. The molecule has 1 saturated heterocycles. The van der Waals surface area contributed by atoms with E-state index in [1.54, 1.807) is 41.8 Å². The van der Waals surface area contributed by atoms with Gasteiger partial charge in [0, 0.05) is 54.3 Å². The van der Waals surface area contributed by atoms with Gasteiger partial charge in [0.1, 0.15) is 50.3 Å². The maximum absolute atomic E-state index is 13.1. The van der Waals surface area contributed by atoms with Crippen LogP contribution in [-0.4, -0.2) is 143 Å². The van der Waals surface area contributed by atoms with Crippen molar-refractivity contribution in [3.8, 4) is 0 Å². The van der Waals surface area contributed by atoms with E-state index >= 15 is 0 Å². The van der Waals surface area contributed by atoms with Crippen molar-refractivity contribution >= 4 is 51.8 Å². The number of aliphatic hydroxyl groups is 4. The fourth-order valence-electron chi connectivity index (χ4n) is 6.48. The quantitative estimate of drug-likeness (QED) is 0.0450. The maximum Gasteiger partial charge on any atom is 0.326 e. The largest absolute Gasteiger partial charge is 0.465 e. The molecule has 0 aromatic heterocycles. The van der Waals surface area contributed by atoms with Crippen LogP contribution in [0.25, 0.3) is 0 Å². The van der Waals surface area contributed by atoms with E-state index in [0.717, 1.165) is 27.8 Å². The third-order valence-electron chi connectivity index (χ3n) is 10.2. The van der Waals surface area contributed by atoms with E-state index in [4.69, 9.17) is 18.9 Å². The Labute approximate surface area is 345 Å². The normalized spacial score (nSPS) is 24.4. The van der Waals surface area contributed by atoms with Crippen molar-refractivity contribution in [2.45, 2.75) is 121 Å². The summed E-state index contributed by atoms with van der Waals surface area (Å²) in [4.78, 5) is 75.2. The van der Waals surface area contributed by atoms with Crippen LogP contribution in [0.1, 0.15) is 88.9 Å². The van der Waals surface area contributed by atoms with Crippen LogP contribution in [0.5, 0.6) is 0 Å². The van der Waals surface area contributed by atoms with E-state index in [-0.39, 0.29) is 50.3 Å². The number of benzene rings is 1. The number of ether oxygens (including phenoxy) is 4. The van der Waals surface area contributed by atoms with Crippen LogP contribution >= 0.6 is 21.6 Å². The summed E-state index contributed by atoms with van der Waals surface area (Å²) in [6.07, 6.45) is -3.82. The Kier molecular flexibility index (Phi) is 18.9. The van der Waals surface area contributed by atoms with Crippen molar-refractivity contribution in [2.75, 3.05) is 39.2 Å². The fraction of sp³-hybridized carbons (Fsp3) is 0.667. The molecular weight excluding hydrogens is 797 g/mol. The summed E-state index contributed by atoms with van der Waals surface area (Å²) in [5.41, 5.74) is 1.01. The second-order valence-electron chi connectivity index (χ2n) is 14.9. The molecule has 4 N–H and O–H groups in total. The number of esters is 3. The van der Waals surface area contributed by atoms with Crippen molar-refractivity contribution in [1.82, 2.24) is 9.80 Å². The highest BCUT2D eigenvalue weighted by atomic mass is 33.1. The van der Waals surface area contributed by atoms with Crippen LogP contribution in [0.2, 0.25) is 0 Å². The van der Waals surface area contributed by atoms with Gasteiger partial charge in [-0.2, -0.15) is 0 Å². The molecule has 1 saturated carbocycles. The Balaban J connectivity index is 1.17. The number of fused-ring (bicyclic) bond motifs is 1. The zero-order chi connectivity index (χ0) is 42.4. The van der Waals surface area contributed by atoms with Gasteiger partial charge in [-0.1, -0.05) is 35.4 Å². The summed E-state index contributed by atoms with van der Waals surface area (Å²) in [6, 6.07) is 5.37. The van der Waals surface area contributed by atoms with Gasteiger partial charge >= 0.3 is 17.9 Å². The summed E-state index contributed by atoms with van der Waals surface area (Å²) in [5, 5.41) is 40.9. The first-order valence-corrected chi connectivity index (χ1v) is 21.9. The number of aliphatic hydroxyl groups excluding tert-OH is 4. The van der Waals surface area contributed by atoms with E-state index in [0.29, 0.717) is 60.8 Å². The minimum Gasteiger partial charge on any atom is -0.465 e. The maximum atomic E-state index is 13.1. The second-order valence-corrected chi connectivity index (χ2v) is 17.4. The zero-order valence-corrected chi connectivity index (χ0v) is 35.0. The number of carbonyl (C=O) groups excluding carboxylic acids is 5. The van der Waals surface area contributed by atoms with E-state index in [2.05, 4.69) is 23.8 Å².